The van der Waals surface area contributed by atoms with Gasteiger partial charge in [0.2, 0.25) is 11.8 Å². The van der Waals surface area contributed by atoms with Gasteiger partial charge in [-0.1, -0.05) is 54.1 Å². The third kappa shape index (κ3) is 4.75. The van der Waals surface area contributed by atoms with E-state index in [2.05, 4.69) is 15.5 Å². The average molecular weight is 434 g/mol. The van der Waals surface area contributed by atoms with E-state index >= 15 is 0 Å². The molecule has 4 aromatic rings. The summed E-state index contributed by atoms with van der Waals surface area (Å²) in [7, 11) is 0. The minimum Gasteiger partial charge on any atom is -0.462 e. The first-order valence-electron chi connectivity index (χ1n) is 9.82. The number of carbonyl (C=O) groups excluding carboxylic acids is 1. The Labute approximate surface area is 184 Å². The molecule has 0 saturated carbocycles. The number of halogens is 1. The van der Waals surface area contributed by atoms with E-state index in [1.54, 1.807) is 25.1 Å². The van der Waals surface area contributed by atoms with Crippen LogP contribution in [0.5, 0.6) is 0 Å². The maximum absolute atomic E-state index is 11.9. The summed E-state index contributed by atoms with van der Waals surface area (Å²) in [5, 5.41) is 12.4. The fourth-order valence-corrected chi connectivity index (χ4v) is 3.33. The van der Waals surface area contributed by atoms with Gasteiger partial charge in [-0.05, 0) is 48.9 Å². The Balaban J connectivity index is 1.64. The highest BCUT2D eigenvalue weighted by Gasteiger charge is 2.22. The van der Waals surface area contributed by atoms with Crippen LogP contribution in [0.15, 0.2) is 83.3 Å². The summed E-state index contributed by atoms with van der Waals surface area (Å²) in [4.78, 5) is 11.9. The number of rotatable bonds is 7. The molecule has 0 radical (unpaired) electrons. The smallest absolute Gasteiger partial charge is 0.338 e. The average Bonchev–Trinajstić information content (AvgIpc) is 3.28. The molecule has 0 bridgehead atoms. The second kappa shape index (κ2) is 9.45. The lowest BCUT2D eigenvalue weighted by Gasteiger charge is -2.17. The summed E-state index contributed by atoms with van der Waals surface area (Å²) in [5.41, 5.74) is 2.90. The summed E-state index contributed by atoms with van der Waals surface area (Å²) < 4.78 is 11.0. The Morgan fingerprint density at radius 1 is 1.00 bits per heavy atom. The lowest BCUT2D eigenvalue weighted by atomic mass is 10.1. The Hall–Kier alpha value is -3.64. The first-order chi connectivity index (χ1) is 15.2. The summed E-state index contributed by atoms with van der Waals surface area (Å²) in [5.74, 6) is 0.395. The van der Waals surface area contributed by atoms with Gasteiger partial charge in [-0.2, -0.15) is 0 Å². The number of esters is 1. The molecule has 3 aromatic carbocycles. The van der Waals surface area contributed by atoms with Gasteiger partial charge in [0.1, 0.15) is 6.04 Å². The Bertz CT molecular complexity index is 1160. The number of nitrogens with zero attached hydrogens (tertiary/aromatic N) is 2. The van der Waals surface area contributed by atoms with Crippen LogP contribution in [0.25, 0.3) is 11.5 Å². The number of hydrogen-bond acceptors (Lipinski definition) is 6. The Morgan fingerprint density at radius 3 is 2.42 bits per heavy atom. The van der Waals surface area contributed by atoms with E-state index in [4.69, 9.17) is 20.8 Å². The minimum atomic E-state index is -0.390. The molecule has 6 nitrogen and oxygen atoms in total. The SMILES string of the molecule is CCOC(=O)c1ccc(N[C@H](c2ccccc2)c2nnc(-c3ccccc3Cl)o2)cc1. The van der Waals surface area contributed by atoms with Gasteiger partial charge in [0.05, 0.1) is 22.8 Å². The van der Waals surface area contributed by atoms with Gasteiger partial charge in [0.25, 0.3) is 0 Å². The molecule has 156 valence electrons. The molecule has 1 atom stereocenters. The summed E-state index contributed by atoms with van der Waals surface area (Å²) in [6.45, 7) is 2.11. The maximum atomic E-state index is 11.9. The lowest BCUT2D eigenvalue weighted by molar-refractivity contribution is 0.0526. The number of carbonyl (C=O) groups is 1. The predicted molar refractivity (Wildman–Crippen MR) is 119 cm³/mol. The third-order valence-electron chi connectivity index (χ3n) is 4.63. The van der Waals surface area contributed by atoms with Gasteiger partial charge < -0.3 is 14.5 Å². The van der Waals surface area contributed by atoms with Crippen LogP contribution < -0.4 is 5.32 Å². The number of benzene rings is 3. The lowest BCUT2D eigenvalue weighted by Crippen LogP contribution is -2.13. The summed E-state index contributed by atoms with van der Waals surface area (Å²) in [6, 6.07) is 23.8. The number of nitrogens with one attached hydrogen (secondary N) is 1. The van der Waals surface area contributed by atoms with Crippen LogP contribution in [-0.4, -0.2) is 22.8 Å². The van der Waals surface area contributed by atoms with Crippen LogP contribution in [0.1, 0.15) is 34.8 Å². The molecule has 0 saturated heterocycles. The van der Waals surface area contributed by atoms with Crippen molar-refractivity contribution in [1.82, 2.24) is 10.2 Å². The van der Waals surface area contributed by atoms with E-state index in [-0.39, 0.29) is 5.97 Å². The number of ether oxygens (including phenoxy) is 1. The number of aromatic nitrogens is 2. The van der Waals surface area contributed by atoms with Crippen LogP contribution in [0.4, 0.5) is 5.69 Å². The highest BCUT2D eigenvalue weighted by molar-refractivity contribution is 6.33. The van der Waals surface area contributed by atoms with Gasteiger partial charge >= 0.3 is 5.97 Å². The highest BCUT2D eigenvalue weighted by Crippen LogP contribution is 2.31. The van der Waals surface area contributed by atoms with Crippen LogP contribution in [-0.2, 0) is 4.74 Å². The molecule has 0 amide bonds. The zero-order chi connectivity index (χ0) is 21.6. The molecule has 0 fully saturated rings. The van der Waals surface area contributed by atoms with Gasteiger partial charge in [-0.25, -0.2) is 4.79 Å². The molecule has 7 heteroatoms. The minimum absolute atomic E-state index is 0.333. The van der Waals surface area contributed by atoms with E-state index in [0.29, 0.717) is 34.5 Å². The number of hydrogen-bond donors (Lipinski definition) is 1. The van der Waals surface area contributed by atoms with Crippen LogP contribution in [0.3, 0.4) is 0 Å². The molecule has 0 spiro atoms. The van der Waals surface area contributed by atoms with Crippen LogP contribution in [0.2, 0.25) is 5.02 Å². The first-order valence-corrected chi connectivity index (χ1v) is 10.2. The molecule has 0 unspecified atom stereocenters. The second-order valence-corrected chi connectivity index (χ2v) is 7.12. The molecule has 1 heterocycles. The third-order valence-corrected chi connectivity index (χ3v) is 4.96. The molecule has 1 N–H and O–H groups in total. The molecule has 0 aliphatic heterocycles. The molecule has 0 aliphatic carbocycles. The Kier molecular flexibility index (Phi) is 6.29. The van der Waals surface area contributed by atoms with Crippen molar-refractivity contribution in [2.45, 2.75) is 13.0 Å². The van der Waals surface area contributed by atoms with Gasteiger partial charge in [0.15, 0.2) is 0 Å². The fraction of sp³-hybridized carbons (Fsp3) is 0.125. The normalized spacial score (nSPS) is 11.7. The molecule has 1 aromatic heterocycles. The van der Waals surface area contributed by atoms with E-state index in [1.165, 1.54) is 0 Å². The highest BCUT2D eigenvalue weighted by atomic mass is 35.5. The Morgan fingerprint density at radius 2 is 1.71 bits per heavy atom. The topological polar surface area (TPSA) is 77.2 Å². The molecule has 31 heavy (non-hydrogen) atoms. The first kappa shape index (κ1) is 20.6. The molecule has 0 aliphatic rings. The van der Waals surface area contributed by atoms with Crippen molar-refractivity contribution in [3.8, 4) is 11.5 Å². The van der Waals surface area contributed by atoms with Gasteiger partial charge in [-0.3, -0.25) is 0 Å². The fourth-order valence-electron chi connectivity index (χ4n) is 3.11. The van der Waals surface area contributed by atoms with Gasteiger partial charge in [-0.15, -0.1) is 10.2 Å². The van der Waals surface area contributed by atoms with Crippen molar-refractivity contribution >= 4 is 23.3 Å². The van der Waals surface area contributed by atoms with Gasteiger partial charge in [0, 0.05) is 5.69 Å². The van der Waals surface area contributed by atoms with E-state index in [1.807, 2.05) is 60.7 Å². The van der Waals surface area contributed by atoms with Crippen LogP contribution in [0, 0.1) is 0 Å². The largest absolute Gasteiger partial charge is 0.462 e. The zero-order valence-electron chi connectivity index (χ0n) is 16.8. The molecular weight excluding hydrogens is 414 g/mol. The zero-order valence-corrected chi connectivity index (χ0v) is 17.5. The molecular formula is C24H20ClN3O3. The monoisotopic (exact) mass is 433 g/mol. The quantitative estimate of drug-likeness (QED) is 0.373. The van der Waals surface area contributed by atoms with E-state index in [0.717, 1.165) is 11.3 Å². The number of anilines is 1. The van der Waals surface area contributed by atoms with Crippen molar-refractivity contribution in [2.24, 2.45) is 0 Å². The summed E-state index contributed by atoms with van der Waals surface area (Å²) >= 11 is 6.28. The molecule has 4 rings (SSSR count). The van der Waals surface area contributed by atoms with Crippen molar-refractivity contribution < 1.29 is 13.9 Å². The predicted octanol–water partition coefficient (Wildman–Crippen LogP) is 5.77. The van der Waals surface area contributed by atoms with Crippen molar-refractivity contribution in [2.75, 3.05) is 11.9 Å². The maximum Gasteiger partial charge on any atom is 0.338 e. The van der Waals surface area contributed by atoms with Crippen molar-refractivity contribution in [3.63, 3.8) is 0 Å². The van der Waals surface area contributed by atoms with Crippen molar-refractivity contribution in [1.29, 1.82) is 0 Å². The second-order valence-electron chi connectivity index (χ2n) is 6.71. The van der Waals surface area contributed by atoms with E-state index < -0.39 is 6.04 Å². The summed E-state index contributed by atoms with van der Waals surface area (Å²) in [6.07, 6.45) is 0. The standard InChI is InChI=1S/C24H20ClN3O3/c1-2-30-24(29)17-12-14-18(15-13-17)26-21(16-8-4-3-5-9-16)23-28-27-22(31-23)19-10-6-7-11-20(19)25/h3-15,21,26H,2H2,1H3/t21-/m1/s1. The van der Waals surface area contributed by atoms with E-state index in [9.17, 15) is 4.79 Å². The van der Waals surface area contributed by atoms with Crippen molar-refractivity contribution in [3.05, 3.63) is 101 Å². The van der Waals surface area contributed by atoms with Crippen LogP contribution >= 0.6 is 11.6 Å².